The predicted molar refractivity (Wildman–Crippen MR) is 99.9 cm³/mol. The van der Waals surface area contributed by atoms with Crippen LogP contribution in [0.3, 0.4) is 0 Å². The molecule has 0 unspecified atom stereocenters. The number of carbonyl (C=O) groups excluding carboxylic acids is 2. The van der Waals surface area contributed by atoms with Gasteiger partial charge >= 0.3 is 11.9 Å². The minimum absolute atomic E-state index is 0. The van der Waals surface area contributed by atoms with E-state index in [1.54, 1.807) is 0 Å². The molecule has 0 aliphatic heterocycles. The van der Waals surface area contributed by atoms with Crippen molar-refractivity contribution in [2.24, 2.45) is 23.7 Å². The van der Waals surface area contributed by atoms with Crippen LogP contribution in [0.1, 0.15) is 11.1 Å². The third kappa shape index (κ3) is 6.82. The monoisotopic (exact) mass is 452 g/mol. The van der Waals surface area contributed by atoms with Crippen molar-refractivity contribution in [1.29, 1.82) is 0 Å². The Labute approximate surface area is 181 Å². The zero-order valence-corrected chi connectivity index (χ0v) is 16.7. The lowest BCUT2D eigenvalue weighted by atomic mass is 9.56. The minimum atomic E-state index is -1.89. The van der Waals surface area contributed by atoms with Crippen molar-refractivity contribution in [3.63, 3.8) is 0 Å². The van der Waals surface area contributed by atoms with Crippen LogP contribution in [0.2, 0.25) is 0 Å². The Morgan fingerprint density at radius 3 is 1.16 bits per heavy atom. The van der Waals surface area contributed by atoms with Crippen molar-refractivity contribution in [1.82, 2.24) is 0 Å². The van der Waals surface area contributed by atoms with Crippen LogP contribution in [-0.2, 0) is 32.0 Å². The summed E-state index contributed by atoms with van der Waals surface area (Å²) < 4.78 is 0. The fraction of sp³-hybridized carbons (Fsp3) is 0.300. The van der Waals surface area contributed by atoms with Gasteiger partial charge in [0.2, 0.25) is 0 Å². The van der Waals surface area contributed by atoms with Gasteiger partial charge in [0.25, 0.3) is 0 Å². The summed E-state index contributed by atoms with van der Waals surface area (Å²) in [6, 6.07) is 8.48. The number of carboxylic acid groups (broad SMARTS) is 4. The van der Waals surface area contributed by atoms with E-state index in [2.05, 4.69) is 34.2 Å². The number of carboxylic acids is 4. The molecule has 8 N–H and O–H groups in total. The molecule has 32 heavy (non-hydrogen) atoms. The number of H-pyrrole nitrogens is 2. The zero-order chi connectivity index (χ0) is 22.3. The second-order valence-corrected chi connectivity index (χ2v) is 6.73. The number of aliphatic carboxylic acids is 4. The van der Waals surface area contributed by atoms with Gasteiger partial charge in [0.15, 0.2) is 24.8 Å². The van der Waals surface area contributed by atoms with Crippen LogP contribution in [0.5, 0.6) is 0 Å². The standard InChI is InChI=1S/C12H12N2.C8H8O8.2H2O/c1(11-3-7-13-8-4-11)2-12-5-9-14-10-6-12;9-5(10)1-2(6(11)12)4(8(15)16)3(1)7(13)14;;/h3-10H,1-2H2;1-4H,(H,9,10)(H,11,12)(H,13,14)(H,15,16);2*1H2. The Bertz CT molecular complexity index is 788. The average Bonchev–Trinajstić information content (AvgIpc) is 2.66. The van der Waals surface area contributed by atoms with Gasteiger partial charge in [0, 0.05) is 48.0 Å². The van der Waals surface area contributed by atoms with E-state index in [0.29, 0.717) is 0 Å². The molecular formula is C20H24N2O10. The van der Waals surface area contributed by atoms with E-state index in [4.69, 9.17) is 10.2 Å². The van der Waals surface area contributed by atoms with E-state index in [9.17, 15) is 29.4 Å². The summed E-state index contributed by atoms with van der Waals surface area (Å²) in [6.07, 6.45) is 10.1. The van der Waals surface area contributed by atoms with E-state index < -0.39 is 47.5 Å². The van der Waals surface area contributed by atoms with Crippen molar-refractivity contribution >= 4 is 23.9 Å². The lowest BCUT2D eigenvalue weighted by molar-refractivity contribution is -0.378. The Balaban J connectivity index is 0.000000568. The second-order valence-electron chi connectivity index (χ2n) is 6.73. The molecule has 2 heterocycles. The number of aryl methyl sites for hydroxylation is 2. The smallest absolute Gasteiger partial charge is 0.307 e. The molecule has 1 aliphatic carbocycles. The lowest BCUT2D eigenvalue weighted by Gasteiger charge is -2.48. The maximum Gasteiger partial charge on any atom is 0.307 e. The number of rotatable bonds is 7. The summed E-state index contributed by atoms with van der Waals surface area (Å²) in [5.74, 6) is -14.5. The molecule has 12 nitrogen and oxygen atoms in total. The quantitative estimate of drug-likeness (QED) is 0.414. The number of nitrogens with one attached hydrogen (secondary N) is 2. The maximum atomic E-state index is 10.6. The molecule has 1 fully saturated rings. The molecule has 0 bridgehead atoms. The molecule has 1 aliphatic rings. The van der Waals surface area contributed by atoms with Crippen molar-refractivity contribution < 1.29 is 60.5 Å². The van der Waals surface area contributed by atoms with E-state index in [-0.39, 0.29) is 11.0 Å². The highest BCUT2D eigenvalue weighted by molar-refractivity contribution is 5.95. The molecule has 0 aromatic carbocycles. The van der Waals surface area contributed by atoms with Gasteiger partial charge in [-0.05, 0) is 24.0 Å². The second kappa shape index (κ2) is 12.7. The molecule has 174 valence electrons. The first-order valence-electron chi connectivity index (χ1n) is 9.01. The Morgan fingerprint density at radius 1 is 0.656 bits per heavy atom. The van der Waals surface area contributed by atoms with Crippen molar-refractivity contribution in [2.45, 2.75) is 12.8 Å². The van der Waals surface area contributed by atoms with Gasteiger partial charge in [-0.2, -0.15) is 0 Å². The van der Waals surface area contributed by atoms with Gasteiger partial charge in [-0.25, -0.2) is 9.97 Å². The van der Waals surface area contributed by atoms with E-state index in [1.165, 1.54) is 11.1 Å². The largest absolute Gasteiger partial charge is 0.550 e. The number of pyridine rings is 2. The predicted octanol–water partition coefficient (Wildman–Crippen LogP) is -4.42. The van der Waals surface area contributed by atoms with Crippen LogP contribution in [-0.4, -0.2) is 45.0 Å². The van der Waals surface area contributed by atoms with Crippen molar-refractivity contribution in [3.8, 4) is 0 Å². The topological polar surface area (TPSA) is 246 Å². The van der Waals surface area contributed by atoms with E-state index in [1.807, 2.05) is 24.8 Å². The van der Waals surface area contributed by atoms with Crippen molar-refractivity contribution in [3.05, 3.63) is 60.2 Å². The Hall–Kier alpha value is -3.90. The van der Waals surface area contributed by atoms with Gasteiger partial charge in [-0.3, -0.25) is 9.59 Å². The highest BCUT2D eigenvalue weighted by atomic mass is 16.4. The van der Waals surface area contributed by atoms with Gasteiger partial charge in [-0.1, -0.05) is 0 Å². The number of aromatic amines is 2. The van der Waals surface area contributed by atoms with Gasteiger partial charge in [0.05, 0.1) is 11.8 Å². The molecule has 2 aromatic rings. The molecule has 0 amide bonds. The molecule has 1 saturated carbocycles. The summed E-state index contributed by atoms with van der Waals surface area (Å²) in [7, 11) is 0. The fourth-order valence-electron chi connectivity index (χ4n) is 3.41. The normalized spacial score (nSPS) is 20.6. The summed E-state index contributed by atoms with van der Waals surface area (Å²) >= 11 is 0. The molecule has 3 rings (SSSR count). The Kier molecular flexibility index (Phi) is 11.2. The first-order chi connectivity index (χ1) is 14.2. The number of hydrogen-bond donors (Lipinski definition) is 2. The summed E-state index contributed by atoms with van der Waals surface area (Å²) in [4.78, 5) is 48.3. The third-order valence-corrected chi connectivity index (χ3v) is 4.94. The highest BCUT2D eigenvalue weighted by Gasteiger charge is 2.58. The Morgan fingerprint density at radius 2 is 0.938 bits per heavy atom. The SMILES string of the molecule is O.O.O=C([O-])C1C(C(=O)O)C(C(=O)[O-])C1C(=O)O.c1cc(CCc2cc[nH+]cc2)cc[nH+]1. The first kappa shape index (κ1) is 28.1. The van der Waals surface area contributed by atoms with Gasteiger partial charge in [0.1, 0.15) is 0 Å². The molecule has 0 radical (unpaired) electrons. The molecular weight excluding hydrogens is 428 g/mol. The van der Waals surface area contributed by atoms with Crippen LogP contribution in [0.15, 0.2) is 49.1 Å². The van der Waals surface area contributed by atoms with Crippen LogP contribution >= 0.6 is 0 Å². The van der Waals surface area contributed by atoms with E-state index >= 15 is 0 Å². The summed E-state index contributed by atoms with van der Waals surface area (Å²) in [5.41, 5.74) is 2.74. The summed E-state index contributed by atoms with van der Waals surface area (Å²) in [5, 5.41) is 38.2. The maximum absolute atomic E-state index is 10.6. The van der Waals surface area contributed by atoms with Crippen LogP contribution in [0.25, 0.3) is 0 Å². The molecule has 0 saturated heterocycles. The van der Waals surface area contributed by atoms with Crippen LogP contribution in [0.4, 0.5) is 0 Å². The molecule has 0 atom stereocenters. The number of carbonyl (C=O) groups is 4. The number of aromatic nitrogens is 2. The van der Waals surface area contributed by atoms with Crippen molar-refractivity contribution in [2.75, 3.05) is 0 Å². The zero-order valence-electron chi connectivity index (χ0n) is 16.7. The first-order valence-corrected chi connectivity index (χ1v) is 9.01. The summed E-state index contributed by atoms with van der Waals surface area (Å²) in [6.45, 7) is 0. The highest BCUT2D eigenvalue weighted by Crippen LogP contribution is 2.46. The van der Waals surface area contributed by atoms with Gasteiger partial charge < -0.3 is 41.0 Å². The van der Waals surface area contributed by atoms with Crippen LogP contribution < -0.4 is 20.2 Å². The third-order valence-electron chi connectivity index (χ3n) is 4.94. The minimum Gasteiger partial charge on any atom is -0.550 e. The number of hydrogen-bond acceptors (Lipinski definition) is 6. The average molecular weight is 452 g/mol. The lowest BCUT2D eigenvalue weighted by Crippen LogP contribution is -2.64. The molecule has 0 spiro atoms. The van der Waals surface area contributed by atoms with Gasteiger partial charge in [-0.15, -0.1) is 0 Å². The molecule has 12 heteroatoms. The fourth-order valence-corrected chi connectivity index (χ4v) is 3.41. The van der Waals surface area contributed by atoms with E-state index in [0.717, 1.165) is 12.8 Å². The molecule has 2 aromatic heterocycles. The van der Waals surface area contributed by atoms with Crippen LogP contribution in [0, 0.1) is 23.7 Å².